The van der Waals surface area contributed by atoms with Crippen molar-refractivity contribution in [2.75, 3.05) is 0 Å². The summed E-state index contributed by atoms with van der Waals surface area (Å²) >= 11 is 3.16. The van der Waals surface area contributed by atoms with Crippen molar-refractivity contribution in [1.29, 1.82) is 0 Å². The molecule has 1 N–H and O–H groups in total. The first-order valence-electron chi connectivity index (χ1n) is 5.19. The number of benzene rings is 1. The molecule has 7 heteroatoms. The topological polar surface area (TPSA) is 72.2 Å². The van der Waals surface area contributed by atoms with Crippen LogP contribution in [0.4, 0.5) is 4.39 Å². The molecule has 0 aliphatic rings. The maximum atomic E-state index is 13.0. The molecule has 0 aliphatic heterocycles. The third kappa shape index (κ3) is 2.55. The highest BCUT2D eigenvalue weighted by Gasteiger charge is 2.15. The summed E-state index contributed by atoms with van der Waals surface area (Å²) in [5.74, 6) is -1.84. The van der Waals surface area contributed by atoms with Crippen molar-refractivity contribution >= 4 is 21.9 Å². The number of carboxylic acid groups (broad SMARTS) is 1. The number of hydrogen-bond acceptors (Lipinski definition) is 3. The van der Waals surface area contributed by atoms with Crippen LogP contribution in [0.2, 0.25) is 0 Å². The van der Waals surface area contributed by atoms with Gasteiger partial charge in [0, 0.05) is 16.2 Å². The first kappa shape index (κ1) is 13.4. The Hall–Kier alpha value is -2.02. The molecule has 0 aliphatic carbocycles. The van der Waals surface area contributed by atoms with Crippen molar-refractivity contribution in [3.05, 3.63) is 56.2 Å². The largest absolute Gasteiger partial charge is 0.476 e. The molecule has 1 heterocycles. The number of carboxylic acids is 1. The maximum absolute atomic E-state index is 13.0. The molecule has 0 amide bonds. The molecular weight excluding hydrogens is 319 g/mol. The molecule has 0 radical (unpaired) electrons. The van der Waals surface area contributed by atoms with E-state index in [4.69, 9.17) is 5.11 Å². The molecule has 0 saturated carbocycles. The summed E-state index contributed by atoms with van der Waals surface area (Å²) in [6.07, 6.45) is 1.40. The minimum atomic E-state index is -1.40. The summed E-state index contributed by atoms with van der Waals surface area (Å²) in [5.41, 5.74) is -0.533. The van der Waals surface area contributed by atoms with Gasteiger partial charge in [-0.05, 0) is 41.1 Å². The molecular formula is C12H8BrFN2O3. The van der Waals surface area contributed by atoms with E-state index in [1.807, 2.05) is 0 Å². The Balaban J connectivity index is 2.70. The molecule has 1 aromatic heterocycles. The fourth-order valence-electron chi connectivity index (χ4n) is 1.54. The highest BCUT2D eigenvalue weighted by molar-refractivity contribution is 9.10. The van der Waals surface area contributed by atoms with Crippen molar-refractivity contribution in [2.24, 2.45) is 0 Å². The zero-order valence-electron chi connectivity index (χ0n) is 9.72. The standard InChI is InChI=1S/C12H8BrFN2O3/c1-6-5-16(15-10(11(6)17)12(18)19)9-3-2-7(14)4-8(9)13/h2-5H,1H3,(H,18,19). The average Bonchev–Trinajstić information content (AvgIpc) is 2.32. The van der Waals surface area contributed by atoms with Crippen LogP contribution in [0, 0.1) is 12.7 Å². The Bertz CT molecular complexity index is 727. The number of hydrogen-bond donors (Lipinski definition) is 1. The van der Waals surface area contributed by atoms with Crippen LogP contribution in [-0.4, -0.2) is 20.9 Å². The second-order valence-corrected chi connectivity index (χ2v) is 4.69. The first-order chi connectivity index (χ1) is 8.90. The molecule has 0 bridgehead atoms. The molecule has 98 valence electrons. The van der Waals surface area contributed by atoms with Gasteiger partial charge in [-0.2, -0.15) is 5.10 Å². The second-order valence-electron chi connectivity index (χ2n) is 3.84. The highest BCUT2D eigenvalue weighted by atomic mass is 79.9. The Morgan fingerprint density at radius 1 is 1.47 bits per heavy atom. The Kier molecular flexibility index (Phi) is 3.48. The number of nitrogens with zero attached hydrogens (tertiary/aromatic N) is 2. The molecule has 19 heavy (non-hydrogen) atoms. The fraction of sp³-hybridized carbons (Fsp3) is 0.0833. The summed E-state index contributed by atoms with van der Waals surface area (Å²) in [6, 6.07) is 3.88. The third-order valence-electron chi connectivity index (χ3n) is 2.46. The van der Waals surface area contributed by atoms with Gasteiger partial charge < -0.3 is 5.11 Å². The summed E-state index contributed by atoms with van der Waals surface area (Å²) in [7, 11) is 0. The van der Waals surface area contributed by atoms with E-state index in [9.17, 15) is 14.0 Å². The van der Waals surface area contributed by atoms with E-state index in [1.165, 1.54) is 36.0 Å². The van der Waals surface area contributed by atoms with E-state index in [-0.39, 0.29) is 5.56 Å². The molecule has 0 saturated heterocycles. The Morgan fingerprint density at radius 3 is 2.74 bits per heavy atom. The van der Waals surface area contributed by atoms with E-state index >= 15 is 0 Å². The third-order valence-corrected chi connectivity index (χ3v) is 3.09. The van der Waals surface area contributed by atoms with Gasteiger partial charge in [0.1, 0.15) is 5.82 Å². The van der Waals surface area contributed by atoms with E-state index < -0.39 is 22.9 Å². The Labute approximate surface area is 115 Å². The van der Waals surface area contributed by atoms with E-state index in [1.54, 1.807) is 0 Å². The van der Waals surface area contributed by atoms with E-state index in [0.29, 0.717) is 10.2 Å². The molecule has 0 atom stereocenters. The van der Waals surface area contributed by atoms with Crippen molar-refractivity contribution < 1.29 is 14.3 Å². The van der Waals surface area contributed by atoms with Crippen LogP contribution in [-0.2, 0) is 0 Å². The average molecular weight is 327 g/mol. The summed E-state index contributed by atoms with van der Waals surface area (Å²) in [6.45, 7) is 1.49. The minimum Gasteiger partial charge on any atom is -0.476 e. The van der Waals surface area contributed by atoms with Crippen LogP contribution >= 0.6 is 15.9 Å². The zero-order valence-corrected chi connectivity index (χ0v) is 11.3. The van der Waals surface area contributed by atoms with Gasteiger partial charge in [-0.15, -0.1) is 0 Å². The van der Waals surface area contributed by atoms with Gasteiger partial charge in [-0.1, -0.05) is 0 Å². The molecule has 1 aromatic carbocycles. The predicted molar refractivity (Wildman–Crippen MR) is 69.2 cm³/mol. The van der Waals surface area contributed by atoms with Crippen LogP contribution in [0.1, 0.15) is 16.1 Å². The lowest BCUT2D eigenvalue weighted by molar-refractivity contribution is 0.0686. The second kappa shape index (κ2) is 4.93. The molecule has 0 fully saturated rings. The molecule has 0 unspecified atom stereocenters. The van der Waals surface area contributed by atoms with Gasteiger partial charge >= 0.3 is 5.97 Å². The number of aryl methyl sites for hydroxylation is 1. The first-order valence-corrected chi connectivity index (χ1v) is 5.98. The molecule has 5 nitrogen and oxygen atoms in total. The van der Waals surface area contributed by atoms with Crippen LogP contribution in [0.5, 0.6) is 0 Å². The van der Waals surface area contributed by atoms with Gasteiger partial charge in [-0.3, -0.25) is 4.79 Å². The van der Waals surface area contributed by atoms with Crippen LogP contribution in [0.3, 0.4) is 0 Å². The lowest BCUT2D eigenvalue weighted by atomic mass is 10.2. The predicted octanol–water partition coefficient (Wildman–Crippen LogP) is 2.14. The van der Waals surface area contributed by atoms with Gasteiger partial charge in [0.15, 0.2) is 0 Å². The molecule has 0 spiro atoms. The van der Waals surface area contributed by atoms with Gasteiger partial charge in [0.2, 0.25) is 11.1 Å². The van der Waals surface area contributed by atoms with Gasteiger partial charge in [0.25, 0.3) is 0 Å². The summed E-state index contributed by atoms with van der Waals surface area (Å²) < 4.78 is 14.6. The van der Waals surface area contributed by atoms with Crippen molar-refractivity contribution in [3.63, 3.8) is 0 Å². The Morgan fingerprint density at radius 2 is 2.16 bits per heavy atom. The minimum absolute atomic E-state index is 0.239. The smallest absolute Gasteiger partial charge is 0.360 e. The zero-order chi connectivity index (χ0) is 14.2. The quantitative estimate of drug-likeness (QED) is 0.917. The van der Waals surface area contributed by atoms with Crippen LogP contribution in [0.25, 0.3) is 5.69 Å². The number of aromatic nitrogens is 2. The number of aromatic carboxylic acids is 1. The number of rotatable bonds is 2. The molecule has 2 rings (SSSR count). The van der Waals surface area contributed by atoms with E-state index in [0.717, 1.165) is 0 Å². The van der Waals surface area contributed by atoms with Crippen molar-refractivity contribution in [3.8, 4) is 5.69 Å². The summed E-state index contributed by atoms with van der Waals surface area (Å²) in [4.78, 5) is 22.6. The fourth-order valence-corrected chi connectivity index (χ4v) is 2.07. The SMILES string of the molecule is Cc1cn(-c2ccc(F)cc2Br)nc(C(=O)O)c1=O. The van der Waals surface area contributed by atoms with Crippen LogP contribution in [0.15, 0.2) is 33.7 Å². The van der Waals surface area contributed by atoms with Crippen molar-refractivity contribution in [1.82, 2.24) is 9.78 Å². The van der Waals surface area contributed by atoms with Gasteiger partial charge in [0.05, 0.1) is 5.69 Å². The van der Waals surface area contributed by atoms with Crippen LogP contribution < -0.4 is 5.43 Å². The molecule has 2 aromatic rings. The maximum Gasteiger partial charge on any atom is 0.360 e. The number of carbonyl (C=O) groups is 1. The lowest BCUT2D eigenvalue weighted by Crippen LogP contribution is -2.23. The lowest BCUT2D eigenvalue weighted by Gasteiger charge is -2.09. The van der Waals surface area contributed by atoms with E-state index in [2.05, 4.69) is 21.0 Å². The van der Waals surface area contributed by atoms with Gasteiger partial charge in [-0.25, -0.2) is 13.9 Å². The normalized spacial score (nSPS) is 10.5. The number of halogens is 2. The summed E-state index contributed by atoms with van der Waals surface area (Å²) in [5, 5.41) is 12.7. The highest BCUT2D eigenvalue weighted by Crippen LogP contribution is 2.21. The monoisotopic (exact) mass is 326 g/mol. The van der Waals surface area contributed by atoms with Crippen molar-refractivity contribution in [2.45, 2.75) is 6.92 Å².